The summed E-state index contributed by atoms with van der Waals surface area (Å²) in [6.07, 6.45) is 0.692. The molecule has 1 saturated heterocycles. The molecule has 0 aliphatic carbocycles. The number of amides is 1. The van der Waals surface area contributed by atoms with Crippen molar-refractivity contribution in [3.05, 3.63) is 86.9 Å². The molecule has 0 spiro atoms. The summed E-state index contributed by atoms with van der Waals surface area (Å²) in [5.74, 6) is -0.523. The molecule has 0 saturated carbocycles. The van der Waals surface area contributed by atoms with Gasteiger partial charge >= 0.3 is 5.91 Å². The molecule has 10 heteroatoms. The number of thiazole rings is 1. The maximum Gasteiger partial charge on any atom is 0.301 e. The summed E-state index contributed by atoms with van der Waals surface area (Å²) in [4.78, 5) is 33.0. The van der Waals surface area contributed by atoms with E-state index in [0.717, 1.165) is 16.0 Å². The molecule has 0 unspecified atom stereocenters. The van der Waals surface area contributed by atoms with Gasteiger partial charge in [0.25, 0.3) is 5.78 Å². The predicted molar refractivity (Wildman–Crippen MR) is 148 cm³/mol. The van der Waals surface area contributed by atoms with Crippen molar-refractivity contribution in [2.75, 3.05) is 12.0 Å². The molecule has 1 fully saturated rings. The Morgan fingerprint density at radius 3 is 2.68 bits per heavy atom. The fourth-order valence-electron chi connectivity index (χ4n) is 4.88. The SMILES string of the molecule is COc1ccc2nc(N3C(=O)C(=O)C(=C(O)c4ccc5c(c4)C[C@H](C)O5)[C@H]3c3ccc(Cl)c(Cl)c3)sc2c1. The number of hydrogen-bond donors (Lipinski definition) is 1. The number of rotatable bonds is 4. The number of ether oxygens (including phenoxy) is 2. The highest BCUT2D eigenvalue weighted by Crippen LogP contribution is 2.46. The van der Waals surface area contributed by atoms with Crippen LogP contribution in [0.2, 0.25) is 10.0 Å². The summed E-state index contributed by atoms with van der Waals surface area (Å²) in [6, 6.07) is 14.5. The molecular weight excluding hydrogens is 547 g/mol. The van der Waals surface area contributed by atoms with Crippen LogP contribution in [0.3, 0.4) is 0 Å². The van der Waals surface area contributed by atoms with Gasteiger partial charge in [-0.1, -0.05) is 40.6 Å². The van der Waals surface area contributed by atoms with Crippen molar-refractivity contribution in [1.29, 1.82) is 0 Å². The van der Waals surface area contributed by atoms with Gasteiger partial charge in [-0.3, -0.25) is 14.5 Å². The number of aromatic nitrogens is 1. The second kappa shape index (κ2) is 9.31. The van der Waals surface area contributed by atoms with Crippen LogP contribution in [0.15, 0.2) is 60.2 Å². The largest absolute Gasteiger partial charge is 0.507 e. The first-order valence-corrected chi connectivity index (χ1v) is 13.3. The lowest BCUT2D eigenvalue weighted by Gasteiger charge is -2.23. The van der Waals surface area contributed by atoms with E-state index >= 15 is 0 Å². The third kappa shape index (κ3) is 4.00. The number of methoxy groups -OCH3 is 1. The number of carbonyl (C=O) groups excluding carboxylic acids is 2. The second-order valence-electron chi connectivity index (χ2n) is 9.13. The molecule has 7 nitrogen and oxygen atoms in total. The van der Waals surface area contributed by atoms with E-state index in [1.807, 2.05) is 13.0 Å². The van der Waals surface area contributed by atoms with Crippen molar-refractivity contribution in [3.8, 4) is 11.5 Å². The number of ketones is 1. The minimum Gasteiger partial charge on any atom is -0.507 e. The highest BCUT2D eigenvalue weighted by atomic mass is 35.5. The zero-order valence-electron chi connectivity index (χ0n) is 20.2. The van der Waals surface area contributed by atoms with Crippen molar-refractivity contribution in [2.45, 2.75) is 25.5 Å². The molecule has 3 aromatic carbocycles. The van der Waals surface area contributed by atoms with Crippen molar-refractivity contribution >= 4 is 67.3 Å². The first kappa shape index (κ1) is 24.7. The fourth-order valence-corrected chi connectivity index (χ4v) is 6.20. The van der Waals surface area contributed by atoms with E-state index in [-0.39, 0.29) is 22.5 Å². The lowest BCUT2D eigenvalue weighted by atomic mass is 9.94. The summed E-state index contributed by atoms with van der Waals surface area (Å²) in [7, 11) is 1.57. The summed E-state index contributed by atoms with van der Waals surface area (Å²) in [5.41, 5.74) is 2.43. The van der Waals surface area contributed by atoms with Gasteiger partial charge in [0, 0.05) is 12.0 Å². The van der Waals surface area contributed by atoms with Crippen LogP contribution in [0, 0.1) is 0 Å². The number of fused-ring (bicyclic) bond motifs is 2. The Bertz CT molecular complexity index is 1680. The number of anilines is 1. The van der Waals surface area contributed by atoms with Crippen molar-refractivity contribution < 1.29 is 24.2 Å². The number of nitrogens with zero attached hydrogens (tertiary/aromatic N) is 2. The van der Waals surface area contributed by atoms with E-state index in [9.17, 15) is 14.7 Å². The van der Waals surface area contributed by atoms with Gasteiger partial charge in [-0.2, -0.15) is 0 Å². The van der Waals surface area contributed by atoms with Gasteiger partial charge < -0.3 is 14.6 Å². The van der Waals surface area contributed by atoms with E-state index in [2.05, 4.69) is 4.98 Å². The number of hydrogen-bond acceptors (Lipinski definition) is 7. The first-order chi connectivity index (χ1) is 18.2. The number of aliphatic hydroxyl groups excluding tert-OH is 1. The van der Waals surface area contributed by atoms with E-state index in [1.165, 1.54) is 16.2 Å². The average Bonchev–Trinajstić information content (AvgIpc) is 3.57. The van der Waals surface area contributed by atoms with Crippen LogP contribution in [0.4, 0.5) is 5.13 Å². The Morgan fingerprint density at radius 2 is 1.92 bits per heavy atom. The third-order valence-corrected chi connectivity index (χ3v) is 8.42. The molecule has 3 heterocycles. The van der Waals surface area contributed by atoms with Crippen LogP contribution in [-0.4, -0.2) is 35.0 Å². The lowest BCUT2D eigenvalue weighted by Crippen LogP contribution is -2.29. The van der Waals surface area contributed by atoms with Crippen LogP contribution in [0.25, 0.3) is 16.0 Å². The van der Waals surface area contributed by atoms with E-state index in [4.69, 9.17) is 32.7 Å². The summed E-state index contributed by atoms with van der Waals surface area (Å²) >= 11 is 13.7. The number of benzene rings is 3. The Kier molecular flexibility index (Phi) is 6.06. The van der Waals surface area contributed by atoms with E-state index in [1.54, 1.807) is 55.6 Å². The highest BCUT2D eigenvalue weighted by Gasteiger charge is 2.48. The molecule has 1 aromatic heterocycles. The monoisotopic (exact) mass is 566 g/mol. The summed E-state index contributed by atoms with van der Waals surface area (Å²) < 4.78 is 11.9. The van der Waals surface area contributed by atoms with Crippen LogP contribution < -0.4 is 14.4 Å². The fraction of sp³-hybridized carbons (Fsp3) is 0.179. The van der Waals surface area contributed by atoms with Gasteiger partial charge in [0.2, 0.25) is 0 Å². The van der Waals surface area contributed by atoms with Crippen LogP contribution in [-0.2, 0) is 16.0 Å². The Labute approximate surface area is 231 Å². The minimum absolute atomic E-state index is 0.0156. The van der Waals surface area contributed by atoms with Gasteiger partial charge in [-0.15, -0.1) is 0 Å². The number of aliphatic hydroxyl groups is 1. The van der Waals surface area contributed by atoms with Gasteiger partial charge in [0.15, 0.2) is 5.13 Å². The normalized spacial score (nSPS) is 20.2. The van der Waals surface area contributed by atoms with Gasteiger partial charge in [0.1, 0.15) is 23.4 Å². The zero-order valence-corrected chi connectivity index (χ0v) is 22.5. The third-order valence-electron chi connectivity index (χ3n) is 6.66. The molecule has 2 aliphatic rings. The average molecular weight is 567 g/mol. The molecule has 6 rings (SSSR count). The van der Waals surface area contributed by atoms with Gasteiger partial charge in [0.05, 0.1) is 39.0 Å². The molecule has 0 bridgehead atoms. The number of Topliss-reactive ketones (excluding diaryl/α,β-unsaturated/α-hetero) is 1. The Hall–Kier alpha value is -3.59. The second-order valence-corrected chi connectivity index (χ2v) is 11.0. The van der Waals surface area contributed by atoms with Crippen molar-refractivity contribution in [2.24, 2.45) is 0 Å². The van der Waals surface area contributed by atoms with Gasteiger partial charge in [-0.05, 0) is 66.6 Å². The van der Waals surface area contributed by atoms with Crippen molar-refractivity contribution in [1.82, 2.24) is 4.98 Å². The van der Waals surface area contributed by atoms with E-state index < -0.39 is 17.7 Å². The molecule has 1 N–H and O–H groups in total. The van der Waals surface area contributed by atoms with Crippen LogP contribution in [0.1, 0.15) is 29.7 Å². The summed E-state index contributed by atoms with van der Waals surface area (Å²) in [6.45, 7) is 1.96. The molecule has 192 valence electrons. The first-order valence-electron chi connectivity index (χ1n) is 11.8. The van der Waals surface area contributed by atoms with Crippen molar-refractivity contribution in [3.63, 3.8) is 0 Å². The number of halogens is 2. The highest BCUT2D eigenvalue weighted by molar-refractivity contribution is 7.22. The smallest absolute Gasteiger partial charge is 0.301 e. The topological polar surface area (TPSA) is 89.0 Å². The maximum atomic E-state index is 13.5. The maximum absolute atomic E-state index is 13.5. The van der Waals surface area contributed by atoms with E-state index in [0.29, 0.717) is 39.0 Å². The summed E-state index contributed by atoms with van der Waals surface area (Å²) in [5, 5.41) is 12.4. The molecule has 2 atom stereocenters. The molecule has 38 heavy (non-hydrogen) atoms. The molecule has 1 amide bonds. The molecule has 0 radical (unpaired) electrons. The van der Waals surface area contributed by atoms with Gasteiger partial charge in [-0.25, -0.2) is 4.98 Å². The van der Waals surface area contributed by atoms with Crippen LogP contribution >= 0.6 is 34.5 Å². The molecule has 4 aromatic rings. The zero-order chi connectivity index (χ0) is 26.7. The predicted octanol–water partition coefficient (Wildman–Crippen LogP) is 6.56. The van der Waals surface area contributed by atoms with Crippen LogP contribution in [0.5, 0.6) is 11.5 Å². The molecular formula is C28H20Cl2N2O5S. The molecule has 2 aliphatic heterocycles. The Balaban J connectivity index is 1.54. The standard InChI is InChI=1S/C28H20Cl2N2O5S/c1-13-9-16-10-15(4-8-21(16)37-13)25(33)23-24(14-3-6-18(29)19(30)11-14)32(27(35)26(23)34)28-31-20-7-5-17(36-2)12-22(20)38-28/h3-8,10-13,24,33H,9H2,1-2H3/t13-,24+/m0/s1. The lowest BCUT2D eigenvalue weighted by molar-refractivity contribution is -0.132. The number of carbonyl (C=O) groups is 2. The Morgan fingerprint density at radius 1 is 1.11 bits per heavy atom. The quantitative estimate of drug-likeness (QED) is 0.171. The minimum atomic E-state index is -0.976.